The van der Waals surface area contributed by atoms with Crippen LogP contribution >= 0.6 is 0 Å². The molecule has 2 atom stereocenters. The molecule has 24 heavy (non-hydrogen) atoms. The summed E-state index contributed by atoms with van der Waals surface area (Å²) in [4.78, 5) is 23.2. The van der Waals surface area contributed by atoms with Crippen LogP contribution in [0.4, 0.5) is 4.79 Å². The third-order valence-electron chi connectivity index (χ3n) is 4.13. The van der Waals surface area contributed by atoms with E-state index in [1.54, 1.807) is 6.92 Å². The summed E-state index contributed by atoms with van der Waals surface area (Å²) in [6.45, 7) is 3.95. The molecule has 0 fully saturated rings. The highest BCUT2D eigenvalue weighted by atomic mass is 16.5. The van der Waals surface area contributed by atoms with E-state index < -0.39 is 24.0 Å². The van der Waals surface area contributed by atoms with Gasteiger partial charge in [-0.2, -0.15) is 0 Å². The molecule has 2 N–H and O–H groups in total. The number of ether oxygens (including phenoxy) is 1. The molecule has 1 rings (SSSR count). The zero-order valence-electron chi connectivity index (χ0n) is 14.7. The van der Waals surface area contributed by atoms with Crippen molar-refractivity contribution in [2.24, 2.45) is 5.92 Å². The van der Waals surface area contributed by atoms with E-state index in [4.69, 9.17) is 4.74 Å². The van der Waals surface area contributed by atoms with Crippen LogP contribution in [-0.4, -0.2) is 23.2 Å². The average molecular weight is 335 g/mol. The third-order valence-corrected chi connectivity index (χ3v) is 4.13. The Bertz CT molecular complexity index is 489. The van der Waals surface area contributed by atoms with Gasteiger partial charge in [0.1, 0.15) is 6.61 Å². The summed E-state index contributed by atoms with van der Waals surface area (Å²) in [6, 6.07) is 8.99. The molecule has 5 nitrogen and oxygen atoms in total. The van der Waals surface area contributed by atoms with E-state index in [0.717, 1.165) is 24.8 Å². The summed E-state index contributed by atoms with van der Waals surface area (Å²) < 4.78 is 5.19. The maximum absolute atomic E-state index is 12.0. The molecule has 0 saturated heterocycles. The van der Waals surface area contributed by atoms with Crippen molar-refractivity contribution < 1.29 is 19.4 Å². The Labute approximate surface area is 144 Å². The number of alkyl carbamates (subject to hydrolysis) is 1. The molecule has 0 unspecified atom stereocenters. The minimum atomic E-state index is -0.906. The van der Waals surface area contributed by atoms with Gasteiger partial charge in [-0.25, -0.2) is 4.79 Å². The van der Waals surface area contributed by atoms with E-state index >= 15 is 0 Å². The molecule has 0 aliphatic rings. The van der Waals surface area contributed by atoms with Gasteiger partial charge >= 0.3 is 12.1 Å². The highest BCUT2D eigenvalue weighted by molar-refractivity contribution is 5.73. The summed E-state index contributed by atoms with van der Waals surface area (Å²) in [7, 11) is 0. The zero-order valence-corrected chi connectivity index (χ0v) is 14.7. The molecule has 1 aromatic carbocycles. The predicted octanol–water partition coefficient (Wildman–Crippen LogP) is 4.36. The Morgan fingerprint density at radius 3 is 2.42 bits per heavy atom. The van der Waals surface area contributed by atoms with Crippen molar-refractivity contribution in [1.29, 1.82) is 0 Å². The van der Waals surface area contributed by atoms with Crippen molar-refractivity contribution in [3.8, 4) is 0 Å². The fraction of sp³-hybridized carbons (Fsp3) is 0.579. The van der Waals surface area contributed by atoms with Gasteiger partial charge in [-0.15, -0.1) is 0 Å². The highest BCUT2D eigenvalue weighted by Gasteiger charge is 2.25. The minimum absolute atomic E-state index is 0.178. The number of unbranched alkanes of at least 4 members (excludes halogenated alkanes) is 4. The molecule has 5 heteroatoms. The number of carbonyl (C=O) groups is 2. The Morgan fingerprint density at radius 1 is 1.12 bits per heavy atom. The van der Waals surface area contributed by atoms with Crippen LogP contribution in [0.5, 0.6) is 0 Å². The number of amides is 1. The van der Waals surface area contributed by atoms with E-state index in [1.807, 2.05) is 30.3 Å². The predicted molar refractivity (Wildman–Crippen MR) is 93.7 cm³/mol. The Morgan fingerprint density at radius 2 is 1.79 bits per heavy atom. The summed E-state index contributed by atoms with van der Waals surface area (Å²) in [5.74, 6) is -1.54. The molecule has 134 valence electrons. The van der Waals surface area contributed by atoms with Crippen LogP contribution in [0.3, 0.4) is 0 Å². The van der Waals surface area contributed by atoms with Crippen molar-refractivity contribution >= 4 is 12.1 Å². The van der Waals surface area contributed by atoms with Crippen LogP contribution in [0.15, 0.2) is 30.3 Å². The number of carbonyl (C=O) groups excluding carboxylic acids is 1. The molecular formula is C19H29NO4. The van der Waals surface area contributed by atoms with Crippen LogP contribution in [-0.2, 0) is 16.1 Å². The van der Waals surface area contributed by atoms with Gasteiger partial charge in [0, 0.05) is 6.04 Å². The number of nitrogens with one attached hydrogen (secondary N) is 1. The number of hydrogen-bond donors (Lipinski definition) is 2. The summed E-state index contributed by atoms with van der Waals surface area (Å²) in [5.41, 5.74) is 0.898. The summed E-state index contributed by atoms with van der Waals surface area (Å²) in [6.07, 6.45) is 5.54. The fourth-order valence-electron chi connectivity index (χ4n) is 2.50. The number of aliphatic carboxylic acids is 1. The molecule has 0 saturated carbocycles. The third kappa shape index (κ3) is 7.99. The van der Waals surface area contributed by atoms with Gasteiger partial charge in [0.25, 0.3) is 0 Å². The SMILES string of the molecule is CCCCCCC[C@@H](NC(=O)OCc1ccccc1)[C@H](C)C(=O)O. The first-order chi connectivity index (χ1) is 11.5. The van der Waals surface area contributed by atoms with E-state index in [1.165, 1.54) is 12.8 Å². The molecule has 0 aromatic heterocycles. The van der Waals surface area contributed by atoms with Crippen molar-refractivity contribution in [2.45, 2.75) is 65.0 Å². The van der Waals surface area contributed by atoms with Crippen molar-refractivity contribution in [2.75, 3.05) is 0 Å². The normalized spacial score (nSPS) is 13.1. The number of rotatable bonds is 11. The number of carboxylic acid groups (broad SMARTS) is 1. The lowest BCUT2D eigenvalue weighted by molar-refractivity contribution is -0.142. The average Bonchev–Trinajstić information content (AvgIpc) is 2.59. The van der Waals surface area contributed by atoms with Gasteiger partial charge < -0.3 is 15.2 Å². The van der Waals surface area contributed by atoms with E-state index in [-0.39, 0.29) is 6.61 Å². The Hall–Kier alpha value is -2.04. The number of hydrogen-bond acceptors (Lipinski definition) is 3. The zero-order chi connectivity index (χ0) is 17.8. The topological polar surface area (TPSA) is 75.6 Å². The number of carboxylic acids is 1. The first kappa shape index (κ1) is 20.0. The Kier molecular flexibility index (Phi) is 9.58. The monoisotopic (exact) mass is 335 g/mol. The van der Waals surface area contributed by atoms with Crippen LogP contribution < -0.4 is 5.32 Å². The van der Waals surface area contributed by atoms with Crippen LogP contribution in [0.1, 0.15) is 57.9 Å². The number of benzene rings is 1. The standard InChI is InChI=1S/C19H29NO4/c1-3-4-5-6-10-13-17(15(2)18(21)22)20-19(23)24-14-16-11-8-7-9-12-16/h7-9,11-12,15,17H,3-6,10,13-14H2,1-2H3,(H,20,23)(H,21,22)/t15-,17+/m0/s1. The molecule has 1 amide bonds. The molecule has 0 heterocycles. The molecule has 1 aromatic rings. The van der Waals surface area contributed by atoms with Gasteiger partial charge in [0.2, 0.25) is 0 Å². The van der Waals surface area contributed by atoms with E-state index in [9.17, 15) is 14.7 Å². The second-order valence-electron chi connectivity index (χ2n) is 6.14. The fourth-order valence-corrected chi connectivity index (χ4v) is 2.50. The highest BCUT2D eigenvalue weighted by Crippen LogP contribution is 2.14. The van der Waals surface area contributed by atoms with Gasteiger partial charge in [-0.3, -0.25) is 4.79 Å². The first-order valence-corrected chi connectivity index (χ1v) is 8.74. The van der Waals surface area contributed by atoms with Crippen molar-refractivity contribution in [3.05, 3.63) is 35.9 Å². The van der Waals surface area contributed by atoms with Gasteiger partial charge in [-0.1, -0.05) is 69.4 Å². The van der Waals surface area contributed by atoms with Crippen molar-refractivity contribution in [3.63, 3.8) is 0 Å². The van der Waals surface area contributed by atoms with Crippen LogP contribution in [0.2, 0.25) is 0 Å². The van der Waals surface area contributed by atoms with E-state index in [2.05, 4.69) is 12.2 Å². The van der Waals surface area contributed by atoms with Crippen LogP contribution in [0.25, 0.3) is 0 Å². The molecule has 0 bridgehead atoms. The van der Waals surface area contributed by atoms with Crippen LogP contribution in [0, 0.1) is 5.92 Å². The maximum Gasteiger partial charge on any atom is 0.407 e. The molecule has 0 aliphatic heterocycles. The largest absolute Gasteiger partial charge is 0.481 e. The lowest BCUT2D eigenvalue weighted by Crippen LogP contribution is -2.42. The summed E-state index contributed by atoms with van der Waals surface area (Å²) in [5, 5.41) is 11.9. The molecule has 0 aliphatic carbocycles. The van der Waals surface area contributed by atoms with Gasteiger partial charge in [0.05, 0.1) is 5.92 Å². The van der Waals surface area contributed by atoms with Gasteiger partial charge in [0.15, 0.2) is 0 Å². The molecule has 0 radical (unpaired) electrons. The maximum atomic E-state index is 12.0. The first-order valence-electron chi connectivity index (χ1n) is 8.74. The minimum Gasteiger partial charge on any atom is -0.481 e. The van der Waals surface area contributed by atoms with Crippen molar-refractivity contribution in [1.82, 2.24) is 5.32 Å². The molecule has 0 spiro atoms. The quantitative estimate of drug-likeness (QED) is 0.589. The van der Waals surface area contributed by atoms with E-state index in [0.29, 0.717) is 6.42 Å². The summed E-state index contributed by atoms with van der Waals surface area (Å²) >= 11 is 0. The second-order valence-corrected chi connectivity index (χ2v) is 6.14. The molecular weight excluding hydrogens is 306 g/mol. The second kappa shape index (κ2) is 11.5. The smallest absolute Gasteiger partial charge is 0.407 e. The van der Waals surface area contributed by atoms with Gasteiger partial charge in [-0.05, 0) is 18.9 Å². The lowest BCUT2D eigenvalue weighted by Gasteiger charge is -2.22. The Balaban J connectivity index is 2.44. The lowest BCUT2D eigenvalue weighted by atomic mass is 9.96.